The lowest BCUT2D eigenvalue weighted by Crippen LogP contribution is -1.85. The third kappa shape index (κ3) is 2.29. The summed E-state index contributed by atoms with van der Waals surface area (Å²) in [5, 5.41) is 0. The van der Waals surface area contributed by atoms with Gasteiger partial charge in [-0.15, -0.1) is 0 Å². The smallest absolute Gasteiger partial charge is 0.0253 e. The largest absolute Gasteiger partial charge is 0.0812 e. The number of hydrogen-bond donors (Lipinski definition) is 0. The first-order valence-electron chi connectivity index (χ1n) is 5.44. The molecule has 0 N–H and O–H groups in total. The fraction of sp³-hybridized carbons (Fsp3) is 0.200. The standard InChI is InChI=1S/C15H15I/c1-11(2)15-9-13(8-14(15)10-16)12-6-4-3-5-7-12/h3-9H,10H2,1-2H3. The number of alkyl halides is 1. The van der Waals surface area contributed by atoms with E-state index in [2.05, 4.69) is 78.9 Å². The molecule has 0 fully saturated rings. The van der Waals surface area contributed by atoms with Crippen molar-refractivity contribution in [2.75, 3.05) is 4.43 Å². The molecular weight excluding hydrogens is 307 g/mol. The highest BCUT2D eigenvalue weighted by atomic mass is 127. The second kappa shape index (κ2) is 5.00. The Morgan fingerprint density at radius 3 is 2.25 bits per heavy atom. The average Bonchev–Trinajstić information content (AvgIpc) is 2.74. The van der Waals surface area contributed by atoms with Crippen LogP contribution in [0.15, 0.2) is 59.2 Å². The molecular formula is C15H15I. The summed E-state index contributed by atoms with van der Waals surface area (Å²) in [4.78, 5) is 0. The van der Waals surface area contributed by atoms with Crippen LogP contribution in [0, 0.1) is 0 Å². The molecule has 0 saturated carbocycles. The van der Waals surface area contributed by atoms with Crippen LogP contribution in [-0.4, -0.2) is 4.43 Å². The molecule has 1 aliphatic rings. The summed E-state index contributed by atoms with van der Waals surface area (Å²) in [6, 6.07) is 10.6. The van der Waals surface area contributed by atoms with Crippen molar-refractivity contribution in [2.24, 2.45) is 0 Å². The van der Waals surface area contributed by atoms with E-state index in [1.54, 1.807) is 0 Å². The third-order valence-corrected chi connectivity index (χ3v) is 3.59. The second-order valence-corrected chi connectivity index (χ2v) is 4.95. The monoisotopic (exact) mass is 322 g/mol. The molecule has 0 bridgehead atoms. The van der Waals surface area contributed by atoms with Crippen LogP contribution >= 0.6 is 22.6 Å². The van der Waals surface area contributed by atoms with Crippen LogP contribution in [0.2, 0.25) is 0 Å². The van der Waals surface area contributed by atoms with E-state index in [9.17, 15) is 0 Å². The van der Waals surface area contributed by atoms with E-state index >= 15 is 0 Å². The van der Waals surface area contributed by atoms with Gasteiger partial charge in [-0.1, -0.05) is 58.5 Å². The molecule has 1 heteroatoms. The fourth-order valence-electron chi connectivity index (χ4n) is 1.93. The quantitative estimate of drug-likeness (QED) is 0.543. The van der Waals surface area contributed by atoms with Crippen molar-refractivity contribution in [2.45, 2.75) is 13.8 Å². The molecule has 1 aliphatic carbocycles. The van der Waals surface area contributed by atoms with Crippen LogP contribution in [-0.2, 0) is 0 Å². The number of hydrogen-bond acceptors (Lipinski definition) is 0. The predicted octanol–water partition coefficient (Wildman–Crippen LogP) is 4.78. The van der Waals surface area contributed by atoms with Crippen molar-refractivity contribution in [3.05, 3.63) is 64.8 Å². The Balaban J connectivity index is 2.44. The van der Waals surface area contributed by atoms with E-state index in [4.69, 9.17) is 0 Å². The van der Waals surface area contributed by atoms with Gasteiger partial charge in [0.25, 0.3) is 0 Å². The molecule has 0 nitrogen and oxygen atoms in total. The van der Waals surface area contributed by atoms with Crippen molar-refractivity contribution in [3.8, 4) is 0 Å². The lowest BCUT2D eigenvalue weighted by atomic mass is 10.1. The van der Waals surface area contributed by atoms with Gasteiger partial charge in [0.1, 0.15) is 0 Å². The summed E-state index contributed by atoms with van der Waals surface area (Å²) >= 11 is 2.43. The SMILES string of the molecule is CC(C)=C1C=C(c2ccccc2)C=C1CI. The predicted molar refractivity (Wildman–Crippen MR) is 79.8 cm³/mol. The molecule has 16 heavy (non-hydrogen) atoms. The highest BCUT2D eigenvalue weighted by molar-refractivity contribution is 14.1. The highest BCUT2D eigenvalue weighted by Gasteiger charge is 2.13. The fourth-order valence-corrected chi connectivity index (χ4v) is 2.56. The molecule has 1 aromatic carbocycles. The van der Waals surface area contributed by atoms with Crippen LogP contribution in [0.4, 0.5) is 0 Å². The van der Waals surface area contributed by atoms with Crippen LogP contribution in [0.1, 0.15) is 19.4 Å². The van der Waals surface area contributed by atoms with E-state index < -0.39 is 0 Å². The first kappa shape index (κ1) is 11.6. The van der Waals surface area contributed by atoms with Gasteiger partial charge in [0.15, 0.2) is 0 Å². The van der Waals surface area contributed by atoms with E-state index in [1.807, 2.05) is 0 Å². The normalized spacial score (nSPS) is 14.8. The van der Waals surface area contributed by atoms with E-state index in [1.165, 1.54) is 27.9 Å². The van der Waals surface area contributed by atoms with Crippen molar-refractivity contribution in [1.29, 1.82) is 0 Å². The molecule has 0 amide bonds. The Morgan fingerprint density at radius 1 is 1.06 bits per heavy atom. The van der Waals surface area contributed by atoms with Crippen molar-refractivity contribution in [3.63, 3.8) is 0 Å². The molecule has 2 rings (SSSR count). The summed E-state index contributed by atoms with van der Waals surface area (Å²) in [6.07, 6.45) is 4.61. The van der Waals surface area contributed by atoms with E-state index in [0.29, 0.717) is 0 Å². The third-order valence-electron chi connectivity index (χ3n) is 2.77. The number of allylic oxidation sites excluding steroid dienone is 6. The molecule has 82 valence electrons. The molecule has 0 unspecified atom stereocenters. The zero-order valence-corrected chi connectivity index (χ0v) is 11.8. The molecule has 0 aromatic heterocycles. The first-order valence-corrected chi connectivity index (χ1v) is 6.96. The number of rotatable bonds is 2. The maximum Gasteiger partial charge on any atom is 0.0253 e. The number of benzene rings is 1. The Labute approximate surface area is 111 Å². The lowest BCUT2D eigenvalue weighted by Gasteiger charge is -2.01. The topological polar surface area (TPSA) is 0 Å². The Kier molecular flexibility index (Phi) is 3.64. The maximum atomic E-state index is 2.43. The minimum Gasteiger partial charge on any atom is -0.0812 e. The molecule has 1 aromatic rings. The second-order valence-electron chi connectivity index (χ2n) is 4.18. The molecule has 0 saturated heterocycles. The van der Waals surface area contributed by atoms with Gasteiger partial charge in [0.05, 0.1) is 0 Å². The minimum atomic E-state index is 1.07. The van der Waals surface area contributed by atoms with Gasteiger partial charge in [-0.05, 0) is 48.3 Å². The first-order chi connectivity index (χ1) is 7.72. The van der Waals surface area contributed by atoms with Gasteiger partial charge in [0, 0.05) is 4.43 Å². The zero-order chi connectivity index (χ0) is 11.5. The summed E-state index contributed by atoms with van der Waals surface area (Å²) < 4.78 is 1.07. The summed E-state index contributed by atoms with van der Waals surface area (Å²) in [5.74, 6) is 0. The summed E-state index contributed by atoms with van der Waals surface area (Å²) in [7, 11) is 0. The Hall–Kier alpha value is -0.830. The summed E-state index contributed by atoms with van der Waals surface area (Å²) in [6.45, 7) is 4.36. The van der Waals surface area contributed by atoms with Crippen LogP contribution in [0.5, 0.6) is 0 Å². The summed E-state index contributed by atoms with van der Waals surface area (Å²) in [5.41, 5.74) is 6.89. The minimum absolute atomic E-state index is 1.07. The van der Waals surface area contributed by atoms with Gasteiger partial charge in [0.2, 0.25) is 0 Å². The van der Waals surface area contributed by atoms with Gasteiger partial charge in [-0.3, -0.25) is 0 Å². The zero-order valence-electron chi connectivity index (χ0n) is 9.63. The van der Waals surface area contributed by atoms with Gasteiger partial charge < -0.3 is 0 Å². The Bertz CT molecular complexity index is 471. The number of halogens is 1. The Morgan fingerprint density at radius 2 is 1.75 bits per heavy atom. The van der Waals surface area contributed by atoms with E-state index in [-0.39, 0.29) is 0 Å². The van der Waals surface area contributed by atoms with Crippen molar-refractivity contribution in [1.82, 2.24) is 0 Å². The molecule has 0 atom stereocenters. The van der Waals surface area contributed by atoms with Gasteiger partial charge in [-0.2, -0.15) is 0 Å². The van der Waals surface area contributed by atoms with Crippen LogP contribution in [0.3, 0.4) is 0 Å². The molecule has 0 heterocycles. The van der Waals surface area contributed by atoms with Crippen LogP contribution in [0.25, 0.3) is 5.57 Å². The van der Waals surface area contributed by atoms with E-state index in [0.717, 1.165) is 4.43 Å². The maximum absolute atomic E-state index is 2.43. The van der Waals surface area contributed by atoms with Gasteiger partial charge in [-0.25, -0.2) is 0 Å². The molecule has 0 radical (unpaired) electrons. The average molecular weight is 322 g/mol. The van der Waals surface area contributed by atoms with Gasteiger partial charge >= 0.3 is 0 Å². The van der Waals surface area contributed by atoms with Crippen molar-refractivity contribution >= 4 is 28.2 Å². The highest BCUT2D eigenvalue weighted by Crippen LogP contribution is 2.32. The molecule has 0 aliphatic heterocycles. The lowest BCUT2D eigenvalue weighted by molar-refractivity contribution is 1.31. The molecule has 0 spiro atoms. The van der Waals surface area contributed by atoms with Crippen LogP contribution < -0.4 is 0 Å². The van der Waals surface area contributed by atoms with Crippen molar-refractivity contribution < 1.29 is 0 Å².